The third-order valence-corrected chi connectivity index (χ3v) is 2.14. The average Bonchev–Trinajstić information content (AvgIpc) is 2.20. The summed E-state index contributed by atoms with van der Waals surface area (Å²) >= 11 is 0. The number of hydrogen-bond acceptors (Lipinski definition) is 2. The molecule has 1 aromatic rings. The molecule has 1 rings (SSSR count). The maximum absolute atomic E-state index is 4.72. The summed E-state index contributed by atoms with van der Waals surface area (Å²) in [4.78, 5) is 4.72. The van der Waals surface area contributed by atoms with Crippen LogP contribution in [-0.2, 0) is 11.3 Å². The normalized spacial score (nSPS) is 11.5. The highest BCUT2D eigenvalue weighted by molar-refractivity contribution is 5.98. The van der Waals surface area contributed by atoms with Crippen LogP contribution in [0.3, 0.4) is 0 Å². The van der Waals surface area contributed by atoms with Crippen molar-refractivity contribution in [2.24, 2.45) is 5.16 Å². The van der Waals surface area contributed by atoms with E-state index in [4.69, 9.17) is 4.84 Å². The lowest BCUT2D eigenvalue weighted by atomic mass is 10.1. The van der Waals surface area contributed by atoms with Crippen LogP contribution in [0.5, 0.6) is 0 Å². The van der Waals surface area contributed by atoms with Crippen LogP contribution in [0.25, 0.3) is 0 Å². The standard InChI is InChI=1S/C12H17NO/c1-4-5-11-6-8-12(9-7-11)10(2)13-14-3/h6-9H,4-5H2,1-3H3/b13-10+. The summed E-state index contributed by atoms with van der Waals surface area (Å²) in [6.45, 7) is 4.13. The van der Waals surface area contributed by atoms with Crippen molar-refractivity contribution in [3.63, 3.8) is 0 Å². The van der Waals surface area contributed by atoms with Crippen molar-refractivity contribution in [2.75, 3.05) is 7.11 Å². The molecule has 1 aromatic carbocycles. The summed E-state index contributed by atoms with van der Waals surface area (Å²) in [5.41, 5.74) is 3.41. The predicted molar refractivity (Wildman–Crippen MR) is 59.7 cm³/mol. The van der Waals surface area contributed by atoms with Crippen LogP contribution >= 0.6 is 0 Å². The van der Waals surface area contributed by atoms with E-state index < -0.39 is 0 Å². The molecule has 0 aliphatic heterocycles. The predicted octanol–water partition coefficient (Wildman–Crippen LogP) is 3.01. The smallest absolute Gasteiger partial charge is 0.106 e. The second kappa shape index (κ2) is 5.43. The van der Waals surface area contributed by atoms with Crippen molar-refractivity contribution < 1.29 is 4.84 Å². The lowest BCUT2D eigenvalue weighted by molar-refractivity contribution is 0.213. The molecule has 0 heterocycles. The number of benzene rings is 1. The van der Waals surface area contributed by atoms with Gasteiger partial charge in [-0.05, 0) is 24.5 Å². The van der Waals surface area contributed by atoms with Crippen LogP contribution in [0, 0.1) is 0 Å². The molecule has 0 N–H and O–H groups in total. The minimum atomic E-state index is 0.913. The number of aryl methyl sites for hydroxylation is 1. The molecule has 0 bridgehead atoms. The molecule has 0 saturated heterocycles. The minimum Gasteiger partial charge on any atom is -0.399 e. The third-order valence-electron chi connectivity index (χ3n) is 2.14. The summed E-state index contributed by atoms with van der Waals surface area (Å²) in [6, 6.07) is 8.46. The van der Waals surface area contributed by atoms with Gasteiger partial charge in [-0.25, -0.2) is 0 Å². The summed E-state index contributed by atoms with van der Waals surface area (Å²) < 4.78 is 0. The van der Waals surface area contributed by atoms with Gasteiger partial charge in [-0.15, -0.1) is 0 Å². The Morgan fingerprint density at radius 1 is 1.29 bits per heavy atom. The number of rotatable bonds is 4. The zero-order valence-corrected chi connectivity index (χ0v) is 9.08. The first-order chi connectivity index (χ1) is 6.77. The molecule has 0 aromatic heterocycles. The van der Waals surface area contributed by atoms with Crippen molar-refractivity contribution in [1.82, 2.24) is 0 Å². The van der Waals surface area contributed by atoms with Gasteiger partial charge in [0, 0.05) is 0 Å². The number of nitrogens with zero attached hydrogens (tertiary/aromatic N) is 1. The van der Waals surface area contributed by atoms with Crippen LogP contribution in [-0.4, -0.2) is 12.8 Å². The highest BCUT2D eigenvalue weighted by Gasteiger charge is 1.97. The molecule has 0 spiro atoms. The quantitative estimate of drug-likeness (QED) is 0.529. The largest absolute Gasteiger partial charge is 0.399 e. The van der Waals surface area contributed by atoms with Crippen molar-refractivity contribution in [2.45, 2.75) is 26.7 Å². The molecule has 14 heavy (non-hydrogen) atoms. The molecule has 0 aliphatic rings. The van der Waals surface area contributed by atoms with Gasteiger partial charge in [0.15, 0.2) is 0 Å². The Balaban J connectivity index is 2.77. The van der Waals surface area contributed by atoms with Crippen molar-refractivity contribution in [1.29, 1.82) is 0 Å². The van der Waals surface area contributed by atoms with Crippen LogP contribution < -0.4 is 0 Å². The SMILES string of the molecule is CCCc1ccc(/C(C)=N/OC)cc1. The fourth-order valence-electron chi connectivity index (χ4n) is 1.39. The van der Waals surface area contributed by atoms with E-state index in [-0.39, 0.29) is 0 Å². The van der Waals surface area contributed by atoms with Crippen LogP contribution in [0.1, 0.15) is 31.4 Å². The lowest BCUT2D eigenvalue weighted by Crippen LogP contribution is -1.95. The molecule has 2 heteroatoms. The van der Waals surface area contributed by atoms with Gasteiger partial charge in [0.05, 0.1) is 5.71 Å². The molecule has 2 nitrogen and oxygen atoms in total. The maximum atomic E-state index is 4.72. The monoisotopic (exact) mass is 191 g/mol. The second-order valence-corrected chi connectivity index (χ2v) is 3.31. The summed E-state index contributed by atoms with van der Waals surface area (Å²) in [7, 11) is 1.56. The Bertz CT molecular complexity index is 301. The van der Waals surface area contributed by atoms with Gasteiger partial charge in [0.1, 0.15) is 7.11 Å². The average molecular weight is 191 g/mol. The molecule has 0 fully saturated rings. The zero-order valence-electron chi connectivity index (χ0n) is 9.08. The first kappa shape index (κ1) is 10.8. The molecule has 76 valence electrons. The number of hydrogen-bond donors (Lipinski definition) is 0. The first-order valence-corrected chi connectivity index (χ1v) is 4.95. The Morgan fingerprint density at radius 2 is 1.93 bits per heavy atom. The van der Waals surface area contributed by atoms with Gasteiger partial charge in [0.25, 0.3) is 0 Å². The van der Waals surface area contributed by atoms with E-state index in [2.05, 4.69) is 36.3 Å². The summed E-state index contributed by atoms with van der Waals surface area (Å²) in [5, 5.41) is 3.89. The molecule has 0 amide bonds. The Morgan fingerprint density at radius 3 is 2.43 bits per heavy atom. The van der Waals surface area contributed by atoms with E-state index in [1.807, 2.05) is 6.92 Å². The van der Waals surface area contributed by atoms with Crippen molar-refractivity contribution >= 4 is 5.71 Å². The summed E-state index contributed by atoms with van der Waals surface area (Å²) in [5.74, 6) is 0. The van der Waals surface area contributed by atoms with Gasteiger partial charge in [-0.1, -0.05) is 42.8 Å². The van der Waals surface area contributed by atoms with Crippen LogP contribution in [0.15, 0.2) is 29.4 Å². The Labute approximate surface area is 85.6 Å². The van der Waals surface area contributed by atoms with E-state index in [9.17, 15) is 0 Å². The van der Waals surface area contributed by atoms with Crippen molar-refractivity contribution in [3.8, 4) is 0 Å². The van der Waals surface area contributed by atoms with Gasteiger partial charge in [0.2, 0.25) is 0 Å². The molecule has 0 aliphatic carbocycles. The van der Waals surface area contributed by atoms with E-state index >= 15 is 0 Å². The zero-order chi connectivity index (χ0) is 10.4. The fraction of sp³-hybridized carbons (Fsp3) is 0.417. The number of oxime groups is 1. The molecule has 0 atom stereocenters. The molecule has 0 saturated carbocycles. The molecule has 0 radical (unpaired) electrons. The van der Waals surface area contributed by atoms with E-state index in [0.29, 0.717) is 0 Å². The lowest BCUT2D eigenvalue weighted by Gasteiger charge is -2.02. The van der Waals surface area contributed by atoms with Crippen LogP contribution in [0.4, 0.5) is 0 Å². The second-order valence-electron chi connectivity index (χ2n) is 3.31. The van der Waals surface area contributed by atoms with E-state index in [1.54, 1.807) is 7.11 Å². The van der Waals surface area contributed by atoms with Crippen molar-refractivity contribution in [3.05, 3.63) is 35.4 Å². The minimum absolute atomic E-state index is 0.913. The molecular formula is C12H17NO. The van der Waals surface area contributed by atoms with E-state index in [1.165, 1.54) is 12.0 Å². The van der Waals surface area contributed by atoms with Gasteiger partial charge in [-0.3, -0.25) is 0 Å². The van der Waals surface area contributed by atoms with E-state index in [0.717, 1.165) is 17.7 Å². The summed E-state index contributed by atoms with van der Waals surface area (Å²) in [6.07, 6.45) is 2.32. The third kappa shape index (κ3) is 2.87. The highest BCUT2D eigenvalue weighted by Crippen LogP contribution is 2.07. The topological polar surface area (TPSA) is 21.6 Å². The van der Waals surface area contributed by atoms with Gasteiger partial charge >= 0.3 is 0 Å². The molecular weight excluding hydrogens is 174 g/mol. The maximum Gasteiger partial charge on any atom is 0.106 e. The van der Waals surface area contributed by atoms with Gasteiger partial charge in [-0.2, -0.15) is 0 Å². The van der Waals surface area contributed by atoms with Crippen LogP contribution in [0.2, 0.25) is 0 Å². The Hall–Kier alpha value is -1.31. The molecule has 0 unspecified atom stereocenters. The Kier molecular flexibility index (Phi) is 4.17. The van der Waals surface area contributed by atoms with Gasteiger partial charge < -0.3 is 4.84 Å². The first-order valence-electron chi connectivity index (χ1n) is 4.95. The highest BCUT2D eigenvalue weighted by atomic mass is 16.6. The fourth-order valence-corrected chi connectivity index (χ4v) is 1.39.